The molecule has 0 aliphatic heterocycles. The summed E-state index contributed by atoms with van der Waals surface area (Å²) >= 11 is 0. The van der Waals surface area contributed by atoms with Gasteiger partial charge in [0.2, 0.25) is 0 Å². The van der Waals surface area contributed by atoms with Gasteiger partial charge in [0, 0.05) is 12.4 Å². The van der Waals surface area contributed by atoms with Crippen molar-refractivity contribution in [3.8, 4) is 0 Å². The van der Waals surface area contributed by atoms with E-state index in [0.29, 0.717) is 5.69 Å². The minimum atomic E-state index is 0.631. The van der Waals surface area contributed by atoms with Gasteiger partial charge in [-0.05, 0) is 24.6 Å². The molecule has 0 aliphatic carbocycles. The highest BCUT2D eigenvalue weighted by Crippen LogP contribution is 2.22. The summed E-state index contributed by atoms with van der Waals surface area (Å²) in [4.78, 5) is 0. The van der Waals surface area contributed by atoms with Crippen molar-refractivity contribution in [1.82, 2.24) is 0 Å². The lowest BCUT2D eigenvalue weighted by Crippen LogP contribution is -2.25. The molecule has 0 aliphatic rings. The number of hydrazine groups is 1. The van der Waals surface area contributed by atoms with Crippen molar-refractivity contribution in [3.63, 3.8) is 0 Å². The lowest BCUT2D eigenvalue weighted by Gasteiger charge is -2.15. The largest absolute Gasteiger partial charge is 0.403 e. The van der Waals surface area contributed by atoms with Crippen LogP contribution in [0.5, 0.6) is 0 Å². The third kappa shape index (κ3) is 3.91. The molecule has 0 unspecified atom stereocenters. The molecule has 0 fully saturated rings. The van der Waals surface area contributed by atoms with Gasteiger partial charge >= 0.3 is 0 Å². The maximum Gasteiger partial charge on any atom is 0.0800 e. The van der Waals surface area contributed by atoms with E-state index in [4.69, 9.17) is 17.3 Å². The fraction of sp³-hybridized carbons (Fsp3) is 0.273. The second kappa shape index (κ2) is 6.73. The Labute approximate surface area is 91.3 Å². The number of rotatable bonds is 2. The van der Waals surface area contributed by atoms with Crippen LogP contribution in [-0.2, 0) is 0 Å². The van der Waals surface area contributed by atoms with Crippen LogP contribution in [0.15, 0.2) is 30.6 Å². The van der Waals surface area contributed by atoms with E-state index >= 15 is 0 Å². The molecule has 0 aromatic heterocycles. The lowest BCUT2D eigenvalue weighted by molar-refractivity contribution is 1.07. The Hall–Kier alpha value is -1.68. The fourth-order valence-electron chi connectivity index (χ4n) is 1.05. The third-order valence-corrected chi connectivity index (χ3v) is 1.71. The summed E-state index contributed by atoms with van der Waals surface area (Å²) in [7, 11) is 0. The van der Waals surface area contributed by atoms with Crippen LogP contribution in [0.4, 0.5) is 11.4 Å². The third-order valence-electron chi connectivity index (χ3n) is 1.71. The summed E-state index contributed by atoms with van der Waals surface area (Å²) in [6.07, 6.45) is 2.91. The predicted octanol–water partition coefficient (Wildman–Crippen LogP) is 1.71. The second-order valence-corrected chi connectivity index (χ2v) is 2.81. The van der Waals surface area contributed by atoms with E-state index in [1.165, 1.54) is 11.2 Å². The molecule has 1 aromatic rings. The number of hydrogen-bond donors (Lipinski definition) is 3. The van der Waals surface area contributed by atoms with Crippen LogP contribution in [0.2, 0.25) is 0 Å². The van der Waals surface area contributed by atoms with Gasteiger partial charge < -0.3 is 11.5 Å². The van der Waals surface area contributed by atoms with Crippen LogP contribution in [0.1, 0.15) is 19.4 Å². The van der Waals surface area contributed by atoms with Crippen molar-refractivity contribution in [1.29, 1.82) is 0 Å². The van der Waals surface area contributed by atoms with E-state index in [1.807, 2.05) is 39.0 Å². The van der Waals surface area contributed by atoms with Crippen LogP contribution >= 0.6 is 0 Å². The van der Waals surface area contributed by atoms with Crippen molar-refractivity contribution >= 4 is 11.4 Å². The molecule has 15 heavy (non-hydrogen) atoms. The molecule has 0 saturated carbocycles. The van der Waals surface area contributed by atoms with Crippen molar-refractivity contribution in [2.75, 3.05) is 10.7 Å². The molecule has 0 saturated heterocycles. The van der Waals surface area contributed by atoms with Gasteiger partial charge in [-0.1, -0.05) is 19.9 Å². The quantitative estimate of drug-likeness (QED) is 0.392. The van der Waals surface area contributed by atoms with Crippen molar-refractivity contribution < 1.29 is 0 Å². The van der Waals surface area contributed by atoms with Crippen LogP contribution in [-0.4, -0.2) is 0 Å². The fourth-order valence-corrected chi connectivity index (χ4v) is 1.05. The SMILES string of the molecule is CC.Cc1ccc(N)c(N(N)/C=C\N)c1. The minimum Gasteiger partial charge on any atom is -0.403 e. The van der Waals surface area contributed by atoms with E-state index in [-0.39, 0.29) is 0 Å². The Morgan fingerprint density at radius 3 is 2.40 bits per heavy atom. The van der Waals surface area contributed by atoms with Gasteiger partial charge in [0.25, 0.3) is 0 Å². The number of nitrogens with zero attached hydrogens (tertiary/aromatic N) is 1. The molecule has 0 atom stereocenters. The molecule has 4 nitrogen and oxygen atoms in total. The van der Waals surface area contributed by atoms with Crippen molar-refractivity contribution in [3.05, 3.63) is 36.2 Å². The Kier molecular flexibility index (Phi) is 5.97. The average Bonchev–Trinajstić information content (AvgIpc) is 2.25. The number of hydrogen-bond acceptors (Lipinski definition) is 4. The highest BCUT2D eigenvalue weighted by atomic mass is 15.4. The zero-order valence-corrected chi connectivity index (χ0v) is 9.57. The highest BCUT2D eigenvalue weighted by molar-refractivity contribution is 5.68. The zero-order valence-electron chi connectivity index (χ0n) is 9.57. The molecule has 0 amide bonds. The molecular weight excluding hydrogens is 188 g/mol. The van der Waals surface area contributed by atoms with Gasteiger partial charge in [0.1, 0.15) is 0 Å². The summed E-state index contributed by atoms with van der Waals surface area (Å²) < 4.78 is 0. The molecule has 84 valence electrons. The monoisotopic (exact) mass is 208 g/mol. The topological polar surface area (TPSA) is 81.3 Å². The lowest BCUT2D eigenvalue weighted by atomic mass is 10.2. The maximum atomic E-state index is 5.72. The van der Waals surface area contributed by atoms with Gasteiger partial charge in [0.15, 0.2) is 0 Å². The minimum absolute atomic E-state index is 0.631. The Morgan fingerprint density at radius 1 is 1.27 bits per heavy atom. The molecule has 4 heteroatoms. The molecule has 0 spiro atoms. The normalized spacial score (nSPS) is 9.60. The zero-order chi connectivity index (χ0) is 11.8. The van der Waals surface area contributed by atoms with Gasteiger partial charge in [-0.3, -0.25) is 5.01 Å². The number of benzene rings is 1. The van der Waals surface area contributed by atoms with E-state index in [0.717, 1.165) is 11.3 Å². The summed E-state index contributed by atoms with van der Waals surface area (Å²) in [5.74, 6) is 5.66. The highest BCUT2D eigenvalue weighted by Gasteiger charge is 2.02. The first kappa shape index (κ1) is 13.3. The van der Waals surface area contributed by atoms with E-state index in [2.05, 4.69) is 0 Å². The van der Waals surface area contributed by atoms with Gasteiger partial charge in [-0.25, -0.2) is 5.84 Å². The average molecular weight is 208 g/mol. The molecule has 6 N–H and O–H groups in total. The summed E-state index contributed by atoms with van der Waals surface area (Å²) in [6, 6.07) is 5.64. The molecule has 1 rings (SSSR count). The first-order chi connectivity index (χ1) is 7.15. The maximum absolute atomic E-state index is 5.72. The smallest absolute Gasteiger partial charge is 0.0800 e. The summed E-state index contributed by atoms with van der Waals surface area (Å²) in [5, 5.41) is 1.39. The molecule has 0 bridgehead atoms. The van der Waals surface area contributed by atoms with Crippen molar-refractivity contribution in [2.24, 2.45) is 11.6 Å². The number of aryl methyl sites for hydroxylation is 1. The number of nitrogen functional groups attached to an aromatic ring is 1. The number of anilines is 2. The second-order valence-electron chi connectivity index (χ2n) is 2.81. The standard InChI is InChI=1S/C9H14N4.C2H6/c1-7-2-3-8(11)9(6-7)13(12)5-4-10;1-2/h2-6H,10-12H2,1H3;1-2H3/b5-4-;. The van der Waals surface area contributed by atoms with Gasteiger partial charge in [0.05, 0.1) is 11.4 Å². The van der Waals surface area contributed by atoms with Gasteiger partial charge in [-0.2, -0.15) is 0 Å². The van der Waals surface area contributed by atoms with E-state index < -0.39 is 0 Å². The predicted molar refractivity (Wildman–Crippen MR) is 66.9 cm³/mol. The number of nitrogens with two attached hydrogens (primary N) is 3. The Morgan fingerprint density at radius 2 is 1.87 bits per heavy atom. The Balaban J connectivity index is 0.000000921. The van der Waals surface area contributed by atoms with E-state index in [9.17, 15) is 0 Å². The molecular formula is C11H20N4. The first-order valence-corrected chi connectivity index (χ1v) is 4.93. The van der Waals surface area contributed by atoms with Crippen LogP contribution in [0.25, 0.3) is 0 Å². The Bertz CT molecular complexity index is 320. The first-order valence-electron chi connectivity index (χ1n) is 4.93. The summed E-state index contributed by atoms with van der Waals surface area (Å²) in [5.41, 5.74) is 13.4. The molecule has 0 heterocycles. The van der Waals surface area contributed by atoms with E-state index in [1.54, 1.807) is 6.20 Å². The van der Waals surface area contributed by atoms with Crippen LogP contribution < -0.4 is 22.3 Å². The summed E-state index contributed by atoms with van der Waals surface area (Å²) in [6.45, 7) is 5.98. The molecule has 1 aromatic carbocycles. The van der Waals surface area contributed by atoms with Crippen LogP contribution in [0, 0.1) is 6.92 Å². The molecule has 0 radical (unpaired) electrons. The van der Waals surface area contributed by atoms with Crippen LogP contribution in [0.3, 0.4) is 0 Å². The van der Waals surface area contributed by atoms with Crippen molar-refractivity contribution in [2.45, 2.75) is 20.8 Å². The van der Waals surface area contributed by atoms with Gasteiger partial charge in [-0.15, -0.1) is 0 Å².